The van der Waals surface area contributed by atoms with E-state index in [1.807, 2.05) is 11.8 Å². The molecule has 2 aromatic rings. The van der Waals surface area contributed by atoms with Crippen LogP contribution in [0.1, 0.15) is 57.6 Å². The Morgan fingerprint density at radius 1 is 0.905 bits per heavy atom. The van der Waals surface area contributed by atoms with Gasteiger partial charge in [-0.3, -0.25) is 0 Å². The van der Waals surface area contributed by atoms with Crippen molar-refractivity contribution in [2.24, 2.45) is 0 Å². The van der Waals surface area contributed by atoms with Crippen LogP contribution in [0.4, 0.5) is 37.7 Å². The van der Waals surface area contributed by atoms with E-state index in [0.29, 0.717) is 17.4 Å². The predicted octanol–water partition coefficient (Wildman–Crippen LogP) is 8.51. The van der Waals surface area contributed by atoms with Gasteiger partial charge < -0.3 is 19.9 Å². The lowest BCUT2D eigenvalue weighted by Gasteiger charge is -2.38. The van der Waals surface area contributed by atoms with Gasteiger partial charge in [-0.25, -0.2) is 0 Å². The average Bonchev–Trinajstić information content (AvgIpc) is 2.91. The van der Waals surface area contributed by atoms with E-state index in [1.54, 1.807) is 0 Å². The van der Waals surface area contributed by atoms with Crippen molar-refractivity contribution in [3.63, 3.8) is 0 Å². The predicted molar refractivity (Wildman–Crippen MR) is 162 cm³/mol. The molecule has 0 unspecified atom stereocenters. The largest absolute Gasteiger partial charge is 0.573 e. The second-order valence-electron chi connectivity index (χ2n) is 11.9. The van der Waals surface area contributed by atoms with Gasteiger partial charge in [0.1, 0.15) is 5.75 Å². The van der Waals surface area contributed by atoms with Crippen molar-refractivity contribution in [1.29, 1.82) is 0 Å². The van der Waals surface area contributed by atoms with Crippen molar-refractivity contribution >= 4 is 40.3 Å². The van der Waals surface area contributed by atoms with Crippen molar-refractivity contribution in [2.75, 3.05) is 42.1 Å². The minimum atomic E-state index is -5.21. The van der Waals surface area contributed by atoms with Crippen molar-refractivity contribution in [3.8, 4) is 5.75 Å². The molecule has 4 nitrogen and oxygen atoms in total. The fourth-order valence-electron chi connectivity index (χ4n) is 5.33. The summed E-state index contributed by atoms with van der Waals surface area (Å²) < 4.78 is 81.3. The van der Waals surface area contributed by atoms with Gasteiger partial charge in [-0.1, -0.05) is 45.1 Å². The zero-order chi connectivity index (χ0) is 30.7. The molecule has 1 saturated carbocycles. The van der Waals surface area contributed by atoms with E-state index in [-0.39, 0.29) is 17.1 Å². The monoisotopic (exact) mass is 633 g/mol. The highest BCUT2D eigenvalue weighted by Gasteiger charge is 2.39. The zero-order valence-electron chi connectivity index (χ0n) is 23.9. The zero-order valence-corrected chi connectivity index (χ0v) is 25.6. The number of thioether (sulfide) groups is 1. The summed E-state index contributed by atoms with van der Waals surface area (Å²) >= 11 is 7.58. The highest BCUT2D eigenvalue weighted by molar-refractivity contribution is 8.01. The lowest BCUT2D eigenvalue weighted by molar-refractivity contribution is -0.276. The lowest BCUT2D eigenvalue weighted by Crippen LogP contribution is -2.49. The molecule has 2 fully saturated rings. The second-order valence-corrected chi connectivity index (χ2v) is 13.6. The van der Waals surface area contributed by atoms with Gasteiger partial charge in [0, 0.05) is 54.6 Å². The molecule has 0 spiro atoms. The average molecular weight is 634 g/mol. The number of anilines is 2. The Kier molecular flexibility index (Phi) is 10.2. The van der Waals surface area contributed by atoms with Crippen LogP contribution in [0, 0.1) is 0 Å². The number of piperazine rings is 1. The molecule has 1 N–H and O–H groups in total. The Bertz CT molecular complexity index is 1200. The maximum Gasteiger partial charge on any atom is 0.573 e. The minimum absolute atomic E-state index is 0.0604. The third kappa shape index (κ3) is 9.08. The topological polar surface area (TPSA) is 27.7 Å². The summed E-state index contributed by atoms with van der Waals surface area (Å²) in [6.45, 7) is 10.2. The molecule has 232 valence electrons. The van der Waals surface area contributed by atoms with Crippen LogP contribution in [0.25, 0.3) is 0 Å². The van der Waals surface area contributed by atoms with Crippen LogP contribution in [0.3, 0.4) is 0 Å². The summed E-state index contributed by atoms with van der Waals surface area (Å²) in [5.74, 6) is -0.499. The first-order chi connectivity index (χ1) is 19.6. The van der Waals surface area contributed by atoms with Crippen LogP contribution < -0.4 is 15.0 Å². The highest BCUT2D eigenvalue weighted by atomic mass is 32.2. The first kappa shape index (κ1) is 32.6. The molecular formula is C30H37F6N3OS2. The van der Waals surface area contributed by atoms with E-state index in [9.17, 15) is 26.3 Å². The number of ether oxygens (including phenoxy) is 1. The van der Waals surface area contributed by atoms with Crippen molar-refractivity contribution < 1.29 is 31.1 Å². The summed E-state index contributed by atoms with van der Waals surface area (Å²) in [6.07, 6.45) is -6.93. The van der Waals surface area contributed by atoms with Crippen molar-refractivity contribution in [2.45, 2.75) is 75.7 Å². The normalized spacial score (nSPS) is 20.4. The van der Waals surface area contributed by atoms with Gasteiger partial charge in [0.25, 0.3) is 0 Å². The smallest absolute Gasteiger partial charge is 0.405 e. The van der Waals surface area contributed by atoms with Gasteiger partial charge in [-0.05, 0) is 67.0 Å². The first-order valence-corrected chi connectivity index (χ1v) is 15.5. The van der Waals surface area contributed by atoms with Crippen LogP contribution in [0.2, 0.25) is 0 Å². The Labute approximate surface area is 253 Å². The number of hydrogen-bond donors (Lipinski definition) is 1. The Balaban J connectivity index is 1.20. The molecule has 2 aromatic carbocycles. The van der Waals surface area contributed by atoms with Gasteiger partial charge in [0.05, 0.1) is 10.6 Å². The van der Waals surface area contributed by atoms with Crippen LogP contribution in [0.15, 0.2) is 42.5 Å². The molecule has 1 heterocycles. The van der Waals surface area contributed by atoms with E-state index in [4.69, 9.17) is 12.2 Å². The van der Waals surface area contributed by atoms with Crippen LogP contribution in [-0.4, -0.2) is 59.5 Å². The minimum Gasteiger partial charge on any atom is -0.405 e. The second kappa shape index (κ2) is 13.1. The standard InChI is InChI=1S/C30H37F6N3OS2/c1-28(2,3)20-4-9-23(10-5-20)38-14-16-39(17-15-38)27(41)19-42-24-11-6-21(7-12-24)37-22-8-13-26(40-30(34,35)36)25(18-22)29(31,32)33/h4-5,8-10,13,18,21,24,37H,6-7,11-12,14-17,19H2,1-3H3. The summed E-state index contributed by atoms with van der Waals surface area (Å²) in [4.78, 5) is 5.62. The van der Waals surface area contributed by atoms with Gasteiger partial charge in [-0.2, -0.15) is 24.9 Å². The number of rotatable bonds is 7. The third-order valence-electron chi connectivity index (χ3n) is 7.73. The summed E-state index contributed by atoms with van der Waals surface area (Å²) in [6, 6.07) is 11.3. The van der Waals surface area contributed by atoms with E-state index in [2.05, 4.69) is 64.9 Å². The Hall–Kier alpha value is -2.34. The number of thiocarbonyl (C=S) groups is 1. The quantitative estimate of drug-likeness (QED) is 0.243. The van der Waals surface area contributed by atoms with Gasteiger partial charge in [0.2, 0.25) is 0 Å². The number of hydrogen-bond acceptors (Lipinski definition) is 5. The molecule has 1 saturated heterocycles. The van der Waals surface area contributed by atoms with Gasteiger partial charge >= 0.3 is 12.5 Å². The molecule has 0 atom stereocenters. The SMILES string of the molecule is CC(C)(C)c1ccc(N2CCN(C(=S)CSC3CCC(Nc4ccc(OC(F)(F)F)c(C(F)(F)F)c4)CC3)CC2)cc1. The summed E-state index contributed by atoms with van der Waals surface area (Å²) in [5, 5.41) is 3.46. The lowest BCUT2D eigenvalue weighted by atomic mass is 9.87. The van der Waals surface area contributed by atoms with Crippen LogP contribution in [0.5, 0.6) is 5.75 Å². The molecule has 0 aromatic heterocycles. The van der Waals surface area contributed by atoms with E-state index in [0.717, 1.165) is 62.6 Å². The number of alkyl halides is 6. The maximum atomic E-state index is 13.4. The molecular weight excluding hydrogens is 596 g/mol. The van der Waals surface area contributed by atoms with Gasteiger partial charge in [-0.15, -0.1) is 13.2 Å². The number of halogens is 6. The third-order valence-corrected chi connectivity index (χ3v) is 9.70. The van der Waals surface area contributed by atoms with E-state index in [1.165, 1.54) is 17.3 Å². The molecule has 42 heavy (non-hydrogen) atoms. The number of nitrogens with one attached hydrogen (secondary N) is 1. The van der Waals surface area contributed by atoms with Gasteiger partial charge in [0.15, 0.2) is 0 Å². The fraction of sp³-hybridized carbons (Fsp3) is 0.567. The summed E-state index contributed by atoms with van der Waals surface area (Å²) in [7, 11) is 0. The highest BCUT2D eigenvalue weighted by Crippen LogP contribution is 2.40. The molecule has 1 aliphatic carbocycles. The van der Waals surface area contributed by atoms with Crippen molar-refractivity contribution in [1.82, 2.24) is 4.90 Å². The molecule has 0 amide bonds. The summed E-state index contributed by atoms with van der Waals surface area (Å²) in [5.41, 5.74) is 1.34. The van der Waals surface area contributed by atoms with E-state index < -0.39 is 23.9 Å². The molecule has 0 radical (unpaired) electrons. The fourth-order valence-corrected chi connectivity index (χ4v) is 6.88. The first-order valence-electron chi connectivity index (χ1n) is 14.1. The maximum absolute atomic E-state index is 13.4. The Morgan fingerprint density at radius 3 is 2.07 bits per heavy atom. The van der Waals surface area contributed by atoms with E-state index >= 15 is 0 Å². The number of benzene rings is 2. The van der Waals surface area contributed by atoms with Crippen molar-refractivity contribution in [3.05, 3.63) is 53.6 Å². The molecule has 1 aliphatic heterocycles. The molecule has 0 bridgehead atoms. The molecule has 2 aliphatic rings. The number of nitrogens with zero attached hydrogens (tertiary/aromatic N) is 2. The Morgan fingerprint density at radius 2 is 1.52 bits per heavy atom. The van der Waals surface area contributed by atoms with Crippen LogP contribution >= 0.6 is 24.0 Å². The molecule has 12 heteroatoms. The van der Waals surface area contributed by atoms with Crippen LogP contribution in [-0.2, 0) is 11.6 Å². The molecule has 4 rings (SSSR count).